The number of carbonyl (C=O) groups is 1. The summed E-state index contributed by atoms with van der Waals surface area (Å²) in [5, 5.41) is 3.44. The average Bonchev–Trinajstić information content (AvgIpc) is 2.73. The number of hydrogen-bond donors (Lipinski definition) is 1. The van der Waals surface area contributed by atoms with E-state index in [1.54, 1.807) is 11.3 Å². The minimum atomic E-state index is -0.0891. The van der Waals surface area contributed by atoms with Gasteiger partial charge in [0, 0.05) is 17.4 Å². The van der Waals surface area contributed by atoms with E-state index in [2.05, 4.69) is 31.1 Å². The van der Waals surface area contributed by atoms with Crippen molar-refractivity contribution in [1.82, 2.24) is 4.98 Å². The quantitative estimate of drug-likeness (QED) is 0.897. The molecule has 1 heterocycles. The molecule has 1 amide bonds. The molecule has 0 saturated carbocycles. The van der Waals surface area contributed by atoms with Gasteiger partial charge in [0.2, 0.25) is 5.91 Å². The van der Waals surface area contributed by atoms with Crippen LogP contribution in [0.4, 0.5) is 5.13 Å². The summed E-state index contributed by atoms with van der Waals surface area (Å²) < 4.78 is 0. The number of nitrogens with zero attached hydrogens (tertiary/aromatic N) is 1. The van der Waals surface area contributed by atoms with Crippen LogP contribution >= 0.6 is 11.3 Å². The number of aromatic nitrogens is 1. The van der Waals surface area contributed by atoms with E-state index in [4.69, 9.17) is 0 Å². The molecule has 4 heteroatoms. The molecule has 100 valence electrons. The lowest BCUT2D eigenvalue weighted by Gasteiger charge is -2.17. The molecule has 0 aliphatic heterocycles. The Balaban J connectivity index is 2.52. The third kappa shape index (κ3) is 3.20. The average molecular weight is 274 g/mol. The topological polar surface area (TPSA) is 42.0 Å². The highest BCUT2D eigenvalue weighted by Crippen LogP contribution is 2.39. The highest BCUT2D eigenvalue weighted by Gasteiger charge is 2.24. The maximum absolute atomic E-state index is 11.2. The second kappa shape index (κ2) is 5.13. The molecule has 0 spiro atoms. The number of thiazole rings is 1. The van der Waals surface area contributed by atoms with Crippen molar-refractivity contribution in [2.24, 2.45) is 0 Å². The zero-order valence-electron chi connectivity index (χ0n) is 11.7. The van der Waals surface area contributed by atoms with Crippen LogP contribution in [0.3, 0.4) is 0 Å². The van der Waals surface area contributed by atoms with E-state index < -0.39 is 0 Å². The Kier molecular flexibility index (Phi) is 3.71. The molecule has 0 aliphatic rings. The smallest absolute Gasteiger partial charge is 0.223 e. The number of amides is 1. The van der Waals surface area contributed by atoms with E-state index in [0.717, 1.165) is 11.3 Å². The largest absolute Gasteiger partial charge is 0.302 e. The summed E-state index contributed by atoms with van der Waals surface area (Å²) in [6, 6.07) is 10.1. The minimum Gasteiger partial charge on any atom is -0.302 e. The summed E-state index contributed by atoms with van der Waals surface area (Å²) in [6.07, 6.45) is 0. The van der Waals surface area contributed by atoms with Crippen LogP contribution in [-0.2, 0) is 10.2 Å². The number of rotatable bonds is 2. The van der Waals surface area contributed by atoms with Gasteiger partial charge in [-0.2, -0.15) is 0 Å². The second-order valence-electron chi connectivity index (χ2n) is 5.49. The van der Waals surface area contributed by atoms with Crippen molar-refractivity contribution in [3.63, 3.8) is 0 Å². The molecule has 3 nitrogen and oxygen atoms in total. The van der Waals surface area contributed by atoms with E-state index in [0.29, 0.717) is 5.13 Å². The SMILES string of the molecule is CC(=O)Nc1nc(-c2ccccc2)c(C(C)(C)C)s1. The van der Waals surface area contributed by atoms with Crippen molar-refractivity contribution in [3.05, 3.63) is 35.2 Å². The molecule has 19 heavy (non-hydrogen) atoms. The van der Waals surface area contributed by atoms with Crippen LogP contribution in [0.2, 0.25) is 0 Å². The van der Waals surface area contributed by atoms with Crippen molar-refractivity contribution < 1.29 is 4.79 Å². The first-order valence-electron chi connectivity index (χ1n) is 6.22. The normalized spacial score (nSPS) is 11.4. The van der Waals surface area contributed by atoms with Crippen molar-refractivity contribution in [3.8, 4) is 11.3 Å². The van der Waals surface area contributed by atoms with Crippen LogP contribution in [0.5, 0.6) is 0 Å². The van der Waals surface area contributed by atoms with Crippen LogP contribution in [0.1, 0.15) is 32.6 Å². The van der Waals surface area contributed by atoms with Gasteiger partial charge in [-0.05, 0) is 5.41 Å². The van der Waals surface area contributed by atoms with Gasteiger partial charge in [-0.25, -0.2) is 4.98 Å². The standard InChI is InChI=1S/C15H18N2OS/c1-10(18)16-14-17-12(11-8-6-5-7-9-11)13(19-14)15(2,3)4/h5-9H,1-4H3,(H,16,17,18). The van der Waals surface area contributed by atoms with Crippen LogP contribution < -0.4 is 5.32 Å². The van der Waals surface area contributed by atoms with Gasteiger partial charge >= 0.3 is 0 Å². The Labute approximate surface area is 117 Å². The molecule has 1 aromatic carbocycles. The van der Waals surface area contributed by atoms with Crippen molar-refractivity contribution in [1.29, 1.82) is 0 Å². The lowest BCUT2D eigenvalue weighted by Crippen LogP contribution is -2.10. The Morgan fingerprint density at radius 1 is 1.21 bits per heavy atom. The summed E-state index contributed by atoms with van der Waals surface area (Å²) in [7, 11) is 0. The molecule has 0 aliphatic carbocycles. The van der Waals surface area contributed by atoms with Crippen molar-refractivity contribution in [2.75, 3.05) is 5.32 Å². The molecule has 0 radical (unpaired) electrons. The van der Waals surface area contributed by atoms with E-state index >= 15 is 0 Å². The molecule has 1 aromatic heterocycles. The number of hydrogen-bond acceptors (Lipinski definition) is 3. The van der Waals surface area contributed by atoms with Crippen LogP contribution in [0.15, 0.2) is 30.3 Å². The highest BCUT2D eigenvalue weighted by atomic mass is 32.1. The Morgan fingerprint density at radius 3 is 2.37 bits per heavy atom. The van der Waals surface area contributed by atoms with E-state index in [-0.39, 0.29) is 11.3 Å². The molecule has 2 rings (SSSR count). The first-order valence-corrected chi connectivity index (χ1v) is 7.04. The zero-order valence-corrected chi connectivity index (χ0v) is 12.5. The van der Waals surface area contributed by atoms with Gasteiger partial charge in [0.05, 0.1) is 5.69 Å². The summed E-state index contributed by atoms with van der Waals surface area (Å²) in [5.74, 6) is -0.0891. The second-order valence-corrected chi connectivity index (χ2v) is 6.49. The maximum Gasteiger partial charge on any atom is 0.223 e. The molecule has 0 unspecified atom stereocenters. The number of anilines is 1. The Morgan fingerprint density at radius 2 is 1.84 bits per heavy atom. The van der Waals surface area contributed by atoms with Gasteiger partial charge in [-0.15, -0.1) is 11.3 Å². The summed E-state index contributed by atoms with van der Waals surface area (Å²) in [6.45, 7) is 7.97. The molecule has 0 atom stereocenters. The van der Waals surface area contributed by atoms with E-state index in [1.165, 1.54) is 11.8 Å². The lowest BCUT2D eigenvalue weighted by atomic mass is 9.91. The van der Waals surface area contributed by atoms with Gasteiger partial charge in [0.15, 0.2) is 5.13 Å². The van der Waals surface area contributed by atoms with Crippen LogP contribution in [-0.4, -0.2) is 10.9 Å². The predicted molar refractivity (Wildman–Crippen MR) is 80.6 cm³/mol. The molecular formula is C15H18N2OS. The number of carbonyl (C=O) groups excluding carboxylic acids is 1. The Bertz CT molecular complexity index is 582. The van der Waals surface area contributed by atoms with Crippen molar-refractivity contribution in [2.45, 2.75) is 33.1 Å². The molecule has 1 N–H and O–H groups in total. The number of nitrogens with one attached hydrogen (secondary N) is 1. The lowest BCUT2D eigenvalue weighted by molar-refractivity contribution is -0.114. The van der Waals surface area contributed by atoms with Gasteiger partial charge in [-0.3, -0.25) is 4.79 Å². The fourth-order valence-electron chi connectivity index (χ4n) is 1.82. The van der Waals surface area contributed by atoms with Gasteiger partial charge in [-0.1, -0.05) is 51.1 Å². The maximum atomic E-state index is 11.2. The molecule has 0 bridgehead atoms. The molecule has 0 fully saturated rings. The minimum absolute atomic E-state index is 0.000436. The van der Waals surface area contributed by atoms with E-state index in [1.807, 2.05) is 30.3 Å². The number of benzene rings is 1. The Hall–Kier alpha value is -1.68. The summed E-state index contributed by atoms with van der Waals surface area (Å²) in [5.41, 5.74) is 2.04. The molecule has 2 aromatic rings. The summed E-state index contributed by atoms with van der Waals surface area (Å²) >= 11 is 1.55. The van der Waals surface area contributed by atoms with Gasteiger partial charge in [0.25, 0.3) is 0 Å². The molecular weight excluding hydrogens is 256 g/mol. The van der Waals surface area contributed by atoms with Crippen molar-refractivity contribution >= 4 is 22.4 Å². The predicted octanol–water partition coefficient (Wildman–Crippen LogP) is 4.07. The third-order valence-electron chi connectivity index (χ3n) is 2.64. The fraction of sp³-hybridized carbons (Fsp3) is 0.333. The van der Waals surface area contributed by atoms with E-state index in [9.17, 15) is 4.79 Å². The zero-order chi connectivity index (χ0) is 14.0. The third-order valence-corrected chi connectivity index (χ3v) is 4.04. The van der Waals surface area contributed by atoms with Gasteiger partial charge in [0.1, 0.15) is 0 Å². The first-order chi connectivity index (χ1) is 8.88. The van der Waals surface area contributed by atoms with Gasteiger partial charge < -0.3 is 5.32 Å². The first kappa shape index (κ1) is 13.7. The summed E-state index contributed by atoms with van der Waals surface area (Å²) in [4.78, 5) is 16.9. The monoisotopic (exact) mass is 274 g/mol. The van der Waals surface area contributed by atoms with Crippen LogP contribution in [0, 0.1) is 0 Å². The highest BCUT2D eigenvalue weighted by molar-refractivity contribution is 7.16. The fourth-order valence-corrected chi connectivity index (χ4v) is 2.92. The van der Waals surface area contributed by atoms with Crippen LogP contribution in [0.25, 0.3) is 11.3 Å². The molecule has 0 saturated heterocycles.